The van der Waals surface area contributed by atoms with Gasteiger partial charge in [-0.2, -0.15) is 0 Å². The van der Waals surface area contributed by atoms with Gasteiger partial charge in [-0.15, -0.1) is 24.0 Å². The van der Waals surface area contributed by atoms with Crippen LogP contribution in [0.25, 0.3) is 0 Å². The van der Waals surface area contributed by atoms with Crippen LogP contribution in [0.2, 0.25) is 0 Å². The lowest BCUT2D eigenvalue weighted by Crippen LogP contribution is -2.44. The molecule has 0 atom stereocenters. The van der Waals surface area contributed by atoms with Crippen molar-refractivity contribution in [1.82, 2.24) is 15.5 Å². The molecule has 0 fully saturated rings. The minimum atomic E-state index is -0.197. The minimum Gasteiger partial charge on any atom is -0.356 e. The largest absolute Gasteiger partial charge is 0.356 e. The molecule has 1 aromatic rings. The molecule has 4 nitrogen and oxygen atoms in total. The average Bonchev–Trinajstić information content (AvgIpc) is 2.46. The molecule has 0 amide bonds. The Hall–Kier alpha value is -0.890. The van der Waals surface area contributed by atoms with Crippen molar-refractivity contribution in [2.24, 2.45) is 4.99 Å². The van der Waals surface area contributed by atoms with Gasteiger partial charge in [0, 0.05) is 25.6 Å². The van der Waals surface area contributed by atoms with Crippen molar-refractivity contribution >= 4 is 29.9 Å². The van der Waals surface area contributed by atoms with Crippen LogP contribution >= 0.6 is 24.0 Å². The Morgan fingerprint density at radius 2 is 1.96 bits per heavy atom. The van der Waals surface area contributed by atoms with Gasteiger partial charge < -0.3 is 15.5 Å². The van der Waals surface area contributed by atoms with Gasteiger partial charge in [-0.3, -0.25) is 4.99 Å². The Morgan fingerprint density at radius 3 is 2.52 bits per heavy atom. The third-order valence-electron chi connectivity index (χ3n) is 3.60. The van der Waals surface area contributed by atoms with Crippen LogP contribution in [0.4, 0.5) is 4.39 Å². The number of hydrogen-bond acceptors (Lipinski definition) is 2. The fourth-order valence-electron chi connectivity index (χ4n) is 2.14. The lowest BCUT2D eigenvalue weighted by molar-refractivity contribution is 0.399. The Kier molecular flexibility index (Phi) is 10.4. The fourth-order valence-corrected chi connectivity index (χ4v) is 2.14. The number of nitrogens with zero attached hydrogens (tertiary/aromatic N) is 2. The van der Waals surface area contributed by atoms with E-state index in [9.17, 15) is 4.39 Å². The zero-order valence-corrected chi connectivity index (χ0v) is 17.1. The Balaban J connectivity index is 0.00000484. The van der Waals surface area contributed by atoms with Gasteiger partial charge in [-0.05, 0) is 44.8 Å². The molecule has 0 saturated heterocycles. The Bertz CT molecular complexity index is 489. The van der Waals surface area contributed by atoms with Crippen molar-refractivity contribution in [3.05, 3.63) is 35.6 Å². The summed E-state index contributed by atoms with van der Waals surface area (Å²) in [7, 11) is 5.89. The summed E-state index contributed by atoms with van der Waals surface area (Å²) in [4.78, 5) is 6.38. The van der Waals surface area contributed by atoms with Crippen LogP contribution in [0, 0.1) is 5.82 Å². The third-order valence-corrected chi connectivity index (χ3v) is 3.60. The van der Waals surface area contributed by atoms with E-state index in [0.717, 1.165) is 31.0 Å². The maximum Gasteiger partial charge on any atom is 0.191 e. The molecule has 23 heavy (non-hydrogen) atoms. The van der Waals surface area contributed by atoms with E-state index in [1.165, 1.54) is 6.07 Å². The van der Waals surface area contributed by atoms with Crippen LogP contribution in [0.1, 0.15) is 25.8 Å². The lowest BCUT2D eigenvalue weighted by Gasteiger charge is -2.27. The van der Waals surface area contributed by atoms with Gasteiger partial charge in [0.25, 0.3) is 0 Å². The molecular weight excluding hydrogens is 406 g/mol. The van der Waals surface area contributed by atoms with E-state index in [2.05, 4.69) is 48.5 Å². The van der Waals surface area contributed by atoms with Gasteiger partial charge in [0.2, 0.25) is 0 Å². The van der Waals surface area contributed by atoms with Crippen LogP contribution in [0.3, 0.4) is 0 Å². The number of benzene rings is 1. The number of rotatable bonds is 7. The highest BCUT2D eigenvalue weighted by Crippen LogP contribution is 2.22. The second-order valence-electron chi connectivity index (χ2n) is 6.40. The van der Waals surface area contributed by atoms with E-state index >= 15 is 0 Å². The standard InChI is InChI=1S/C17H29FN4.HI/c1-17(2,14-8-6-9-15(18)12-14)13-21-16(19-3)20-10-7-11-22(4)5;/h6,8-9,12H,7,10-11,13H2,1-5H3,(H2,19,20,21);1H. The molecule has 132 valence electrons. The number of guanidine groups is 1. The molecule has 0 spiro atoms. The Labute approximate surface area is 157 Å². The first kappa shape index (κ1) is 22.1. The summed E-state index contributed by atoms with van der Waals surface area (Å²) in [6.07, 6.45) is 1.06. The van der Waals surface area contributed by atoms with E-state index in [0.29, 0.717) is 6.54 Å². The highest BCUT2D eigenvalue weighted by atomic mass is 127. The predicted octanol–water partition coefficient (Wildman–Crippen LogP) is 2.84. The quantitative estimate of drug-likeness (QED) is 0.299. The highest BCUT2D eigenvalue weighted by molar-refractivity contribution is 14.0. The molecule has 0 radical (unpaired) electrons. The first-order valence-electron chi connectivity index (χ1n) is 7.70. The van der Waals surface area contributed by atoms with Gasteiger partial charge in [-0.1, -0.05) is 26.0 Å². The lowest BCUT2D eigenvalue weighted by atomic mass is 9.84. The topological polar surface area (TPSA) is 39.7 Å². The second-order valence-corrected chi connectivity index (χ2v) is 6.40. The number of nitrogens with one attached hydrogen (secondary N) is 2. The van der Waals surface area contributed by atoms with Crippen LogP contribution in [-0.2, 0) is 5.41 Å². The highest BCUT2D eigenvalue weighted by Gasteiger charge is 2.21. The SMILES string of the molecule is CN=C(NCCCN(C)C)NCC(C)(C)c1cccc(F)c1.I. The van der Waals surface area contributed by atoms with Gasteiger partial charge in [0.15, 0.2) is 5.96 Å². The summed E-state index contributed by atoms with van der Waals surface area (Å²) in [6, 6.07) is 6.77. The average molecular weight is 436 g/mol. The van der Waals surface area contributed by atoms with Gasteiger partial charge in [0.05, 0.1) is 0 Å². The Morgan fingerprint density at radius 1 is 1.26 bits per heavy atom. The molecule has 0 heterocycles. The molecular formula is C17H30FIN4. The molecule has 0 aliphatic rings. The molecule has 0 bridgehead atoms. The zero-order valence-electron chi connectivity index (χ0n) is 14.8. The van der Waals surface area contributed by atoms with Crippen LogP contribution < -0.4 is 10.6 Å². The number of aliphatic imine (C=N–C) groups is 1. The van der Waals surface area contributed by atoms with Crippen LogP contribution in [-0.4, -0.2) is 51.6 Å². The fraction of sp³-hybridized carbons (Fsp3) is 0.588. The first-order chi connectivity index (χ1) is 10.3. The van der Waals surface area contributed by atoms with E-state index in [1.54, 1.807) is 19.2 Å². The maximum atomic E-state index is 13.4. The van der Waals surface area contributed by atoms with Gasteiger partial charge in [-0.25, -0.2) is 4.39 Å². The molecule has 0 unspecified atom stereocenters. The van der Waals surface area contributed by atoms with Crippen molar-refractivity contribution in [1.29, 1.82) is 0 Å². The summed E-state index contributed by atoms with van der Waals surface area (Å²) < 4.78 is 13.4. The molecule has 1 rings (SSSR count). The van der Waals surface area contributed by atoms with Crippen molar-refractivity contribution in [3.63, 3.8) is 0 Å². The van der Waals surface area contributed by atoms with Crippen molar-refractivity contribution in [3.8, 4) is 0 Å². The van der Waals surface area contributed by atoms with Crippen molar-refractivity contribution < 1.29 is 4.39 Å². The monoisotopic (exact) mass is 436 g/mol. The molecule has 1 aromatic carbocycles. The maximum absolute atomic E-state index is 13.4. The molecule has 0 aliphatic heterocycles. The first-order valence-corrected chi connectivity index (χ1v) is 7.70. The second kappa shape index (κ2) is 10.8. The smallest absolute Gasteiger partial charge is 0.191 e. The number of halogens is 2. The van der Waals surface area contributed by atoms with Crippen LogP contribution in [0.5, 0.6) is 0 Å². The van der Waals surface area contributed by atoms with E-state index in [4.69, 9.17) is 0 Å². The summed E-state index contributed by atoms with van der Waals surface area (Å²) in [5.74, 6) is 0.583. The van der Waals surface area contributed by atoms with E-state index < -0.39 is 0 Å². The van der Waals surface area contributed by atoms with Gasteiger partial charge >= 0.3 is 0 Å². The molecule has 2 N–H and O–H groups in total. The summed E-state index contributed by atoms with van der Waals surface area (Å²) in [6.45, 7) is 6.78. The minimum absolute atomic E-state index is 0. The molecule has 6 heteroatoms. The van der Waals surface area contributed by atoms with E-state index in [1.807, 2.05) is 6.07 Å². The predicted molar refractivity (Wildman–Crippen MR) is 107 cm³/mol. The third kappa shape index (κ3) is 8.50. The van der Waals surface area contributed by atoms with E-state index in [-0.39, 0.29) is 35.2 Å². The van der Waals surface area contributed by atoms with Crippen molar-refractivity contribution in [2.75, 3.05) is 40.8 Å². The summed E-state index contributed by atoms with van der Waals surface area (Å²) in [5.41, 5.74) is 0.798. The molecule has 0 saturated carbocycles. The summed E-state index contributed by atoms with van der Waals surface area (Å²) >= 11 is 0. The normalized spacial score (nSPS) is 12.0. The summed E-state index contributed by atoms with van der Waals surface area (Å²) in [5, 5.41) is 6.62. The zero-order chi connectivity index (χ0) is 16.6. The molecule has 0 aliphatic carbocycles. The van der Waals surface area contributed by atoms with Crippen LogP contribution in [0.15, 0.2) is 29.3 Å². The van der Waals surface area contributed by atoms with Gasteiger partial charge in [0.1, 0.15) is 5.82 Å². The molecule has 0 aromatic heterocycles. The number of hydrogen-bond donors (Lipinski definition) is 2. The van der Waals surface area contributed by atoms with Crippen molar-refractivity contribution in [2.45, 2.75) is 25.7 Å².